The first-order chi connectivity index (χ1) is 10.8. The Morgan fingerprint density at radius 1 is 1.18 bits per heavy atom. The molecule has 5 heteroatoms. The number of hydrogen-bond donors (Lipinski definition) is 1. The summed E-state index contributed by atoms with van der Waals surface area (Å²) >= 11 is 1.68. The van der Waals surface area contributed by atoms with Gasteiger partial charge in [0.1, 0.15) is 10.8 Å². The number of ether oxygens (including phenoxy) is 1. The molecule has 112 valence electrons. The van der Waals surface area contributed by atoms with Crippen LogP contribution in [0.5, 0.6) is 5.75 Å². The Kier molecular flexibility index (Phi) is 4.46. The number of thiazole rings is 1. The highest BCUT2D eigenvalue weighted by atomic mass is 32.1. The molecule has 3 rings (SSSR count). The molecule has 0 saturated carbocycles. The molecule has 2 N–H and O–H groups in total. The summed E-state index contributed by atoms with van der Waals surface area (Å²) in [6.07, 6.45) is 4.41. The molecule has 0 radical (unpaired) electrons. The van der Waals surface area contributed by atoms with Crippen LogP contribution in [0.4, 0.5) is 0 Å². The molecule has 0 bridgehead atoms. The van der Waals surface area contributed by atoms with Gasteiger partial charge in [-0.3, -0.25) is 4.98 Å². The van der Waals surface area contributed by atoms with Crippen molar-refractivity contribution in [1.29, 1.82) is 0 Å². The van der Waals surface area contributed by atoms with Gasteiger partial charge in [-0.05, 0) is 37.2 Å². The van der Waals surface area contributed by atoms with Crippen LogP contribution >= 0.6 is 11.3 Å². The molecule has 0 spiro atoms. The van der Waals surface area contributed by atoms with Gasteiger partial charge in [-0.2, -0.15) is 0 Å². The standard InChI is InChI=1S/C17H17N3OS/c1-21-14-6-2-4-12(10-14)17-20-16(15(22-17)7-8-18)13-5-3-9-19-11-13/h2-6,9-11H,7-8,18H2,1H3. The van der Waals surface area contributed by atoms with E-state index in [0.29, 0.717) is 6.54 Å². The molecule has 3 aromatic rings. The molecule has 0 aliphatic carbocycles. The zero-order chi connectivity index (χ0) is 15.4. The molecule has 0 aliphatic rings. The monoisotopic (exact) mass is 311 g/mol. The quantitative estimate of drug-likeness (QED) is 0.784. The second-order valence-corrected chi connectivity index (χ2v) is 5.89. The summed E-state index contributed by atoms with van der Waals surface area (Å²) in [4.78, 5) is 10.2. The average Bonchev–Trinajstić information content (AvgIpc) is 3.00. The number of nitrogens with zero attached hydrogens (tertiary/aromatic N) is 2. The zero-order valence-electron chi connectivity index (χ0n) is 12.3. The van der Waals surface area contributed by atoms with Crippen molar-refractivity contribution < 1.29 is 4.74 Å². The summed E-state index contributed by atoms with van der Waals surface area (Å²) in [5, 5.41) is 0.973. The number of hydrogen-bond acceptors (Lipinski definition) is 5. The number of nitrogens with two attached hydrogens (primary N) is 1. The van der Waals surface area contributed by atoms with Crippen LogP contribution in [0.3, 0.4) is 0 Å². The summed E-state index contributed by atoms with van der Waals surface area (Å²) in [7, 11) is 1.67. The van der Waals surface area contributed by atoms with E-state index >= 15 is 0 Å². The maximum atomic E-state index is 5.74. The van der Waals surface area contributed by atoms with Gasteiger partial charge in [-0.15, -0.1) is 11.3 Å². The Labute approximate surface area is 133 Å². The summed E-state index contributed by atoms with van der Waals surface area (Å²) in [6, 6.07) is 11.9. The highest BCUT2D eigenvalue weighted by molar-refractivity contribution is 7.15. The highest BCUT2D eigenvalue weighted by Crippen LogP contribution is 2.34. The molecule has 0 atom stereocenters. The third kappa shape index (κ3) is 3.00. The molecule has 0 fully saturated rings. The fraction of sp³-hybridized carbons (Fsp3) is 0.176. The van der Waals surface area contributed by atoms with Crippen LogP contribution < -0.4 is 10.5 Å². The van der Waals surface area contributed by atoms with E-state index in [2.05, 4.69) is 4.98 Å². The van der Waals surface area contributed by atoms with Crippen molar-refractivity contribution in [2.24, 2.45) is 5.73 Å². The molecule has 0 saturated heterocycles. The number of pyridine rings is 1. The van der Waals surface area contributed by atoms with E-state index in [0.717, 1.165) is 34.0 Å². The van der Waals surface area contributed by atoms with Crippen LogP contribution in [-0.2, 0) is 6.42 Å². The average molecular weight is 311 g/mol. The minimum atomic E-state index is 0.604. The van der Waals surface area contributed by atoms with Crippen LogP contribution in [0, 0.1) is 0 Å². The van der Waals surface area contributed by atoms with E-state index in [4.69, 9.17) is 15.5 Å². The first kappa shape index (κ1) is 14.7. The normalized spacial score (nSPS) is 10.6. The lowest BCUT2D eigenvalue weighted by Crippen LogP contribution is -2.02. The Bertz CT molecular complexity index is 756. The molecule has 0 amide bonds. The maximum absolute atomic E-state index is 5.74. The smallest absolute Gasteiger partial charge is 0.124 e. The predicted molar refractivity (Wildman–Crippen MR) is 90.1 cm³/mol. The van der Waals surface area contributed by atoms with Crippen LogP contribution in [0.1, 0.15) is 4.88 Å². The SMILES string of the molecule is COc1cccc(-c2nc(-c3cccnc3)c(CCN)s2)c1. The highest BCUT2D eigenvalue weighted by Gasteiger charge is 2.14. The largest absolute Gasteiger partial charge is 0.497 e. The maximum Gasteiger partial charge on any atom is 0.124 e. The molecular formula is C17H17N3OS. The van der Waals surface area contributed by atoms with Crippen LogP contribution in [0.15, 0.2) is 48.8 Å². The van der Waals surface area contributed by atoms with E-state index in [1.807, 2.05) is 42.6 Å². The van der Waals surface area contributed by atoms with Gasteiger partial charge in [0, 0.05) is 28.4 Å². The Balaban J connectivity index is 2.06. The van der Waals surface area contributed by atoms with Crippen molar-refractivity contribution in [3.8, 4) is 27.6 Å². The van der Waals surface area contributed by atoms with E-state index < -0.39 is 0 Å². The van der Waals surface area contributed by atoms with Gasteiger partial charge < -0.3 is 10.5 Å². The van der Waals surface area contributed by atoms with Crippen molar-refractivity contribution in [3.63, 3.8) is 0 Å². The van der Waals surface area contributed by atoms with Crippen molar-refractivity contribution in [1.82, 2.24) is 9.97 Å². The molecule has 2 heterocycles. The Hall–Kier alpha value is -2.24. The van der Waals surface area contributed by atoms with Crippen molar-refractivity contribution >= 4 is 11.3 Å². The van der Waals surface area contributed by atoms with Crippen molar-refractivity contribution in [2.45, 2.75) is 6.42 Å². The van der Waals surface area contributed by atoms with E-state index in [1.54, 1.807) is 24.6 Å². The van der Waals surface area contributed by atoms with Gasteiger partial charge in [0.25, 0.3) is 0 Å². The Morgan fingerprint density at radius 2 is 2.05 bits per heavy atom. The lowest BCUT2D eigenvalue weighted by atomic mass is 10.1. The third-order valence-corrected chi connectivity index (χ3v) is 4.48. The van der Waals surface area contributed by atoms with E-state index in [-0.39, 0.29) is 0 Å². The fourth-order valence-electron chi connectivity index (χ4n) is 2.26. The fourth-order valence-corrected chi connectivity index (χ4v) is 3.36. The van der Waals surface area contributed by atoms with Crippen LogP contribution in [-0.4, -0.2) is 23.6 Å². The van der Waals surface area contributed by atoms with Crippen LogP contribution in [0.2, 0.25) is 0 Å². The summed E-state index contributed by atoms with van der Waals surface area (Å²) in [5.41, 5.74) is 8.80. The molecule has 22 heavy (non-hydrogen) atoms. The molecule has 0 aliphatic heterocycles. The molecule has 1 aromatic carbocycles. The van der Waals surface area contributed by atoms with Gasteiger partial charge in [0.15, 0.2) is 0 Å². The number of aromatic nitrogens is 2. The third-order valence-electron chi connectivity index (χ3n) is 3.32. The zero-order valence-corrected chi connectivity index (χ0v) is 13.1. The minimum Gasteiger partial charge on any atom is -0.497 e. The topological polar surface area (TPSA) is 61.0 Å². The number of methoxy groups -OCH3 is 1. The minimum absolute atomic E-state index is 0.604. The van der Waals surface area contributed by atoms with E-state index in [1.165, 1.54) is 4.88 Å². The van der Waals surface area contributed by atoms with Crippen LogP contribution in [0.25, 0.3) is 21.8 Å². The van der Waals surface area contributed by atoms with Crippen molar-refractivity contribution in [3.05, 3.63) is 53.7 Å². The Morgan fingerprint density at radius 3 is 2.77 bits per heavy atom. The summed E-state index contributed by atoms with van der Waals surface area (Å²) < 4.78 is 5.29. The first-order valence-corrected chi connectivity index (χ1v) is 7.88. The van der Waals surface area contributed by atoms with Gasteiger partial charge in [-0.25, -0.2) is 4.98 Å². The van der Waals surface area contributed by atoms with Crippen molar-refractivity contribution in [2.75, 3.05) is 13.7 Å². The summed E-state index contributed by atoms with van der Waals surface area (Å²) in [6.45, 7) is 0.604. The first-order valence-electron chi connectivity index (χ1n) is 7.06. The molecule has 0 unspecified atom stereocenters. The van der Waals surface area contributed by atoms with Gasteiger partial charge in [0.05, 0.1) is 12.8 Å². The lowest BCUT2D eigenvalue weighted by molar-refractivity contribution is 0.415. The number of benzene rings is 1. The molecular weight excluding hydrogens is 294 g/mol. The predicted octanol–water partition coefficient (Wildman–Crippen LogP) is 3.38. The molecule has 2 aromatic heterocycles. The van der Waals surface area contributed by atoms with Gasteiger partial charge in [0.2, 0.25) is 0 Å². The van der Waals surface area contributed by atoms with Gasteiger partial charge >= 0.3 is 0 Å². The van der Waals surface area contributed by atoms with E-state index in [9.17, 15) is 0 Å². The number of rotatable bonds is 5. The molecule has 4 nitrogen and oxygen atoms in total. The van der Waals surface area contributed by atoms with Gasteiger partial charge in [-0.1, -0.05) is 12.1 Å². The second-order valence-electron chi connectivity index (χ2n) is 4.80. The lowest BCUT2D eigenvalue weighted by Gasteiger charge is -2.01. The second kappa shape index (κ2) is 6.68. The summed E-state index contributed by atoms with van der Waals surface area (Å²) in [5.74, 6) is 0.830.